The number of hydrogen-bond acceptors (Lipinski definition) is 5. The fraction of sp³-hybridized carbons (Fsp3) is 0.316. The molecule has 3 aromatic heterocycles. The van der Waals surface area contributed by atoms with Gasteiger partial charge in [-0.15, -0.1) is 16.4 Å². The van der Waals surface area contributed by atoms with E-state index >= 15 is 0 Å². The molecule has 0 atom stereocenters. The Morgan fingerprint density at radius 1 is 1.08 bits per heavy atom. The van der Waals surface area contributed by atoms with Crippen molar-refractivity contribution in [2.75, 3.05) is 13.1 Å². The van der Waals surface area contributed by atoms with Crippen molar-refractivity contribution in [1.29, 1.82) is 0 Å². The van der Waals surface area contributed by atoms with E-state index in [1.807, 2.05) is 21.5 Å². The molecular weight excluding hydrogens is 362 g/mol. The van der Waals surface area contributed by atoms with Crippen LogP contribution in [0.2, 0.25) is 0 Å². The maximum Gasteiger partial charge on any atom is 0.204 e. The Kier molecular flexibility index (Phi) is 4.07. The van der Waals surface area contributed by atoms with E-state index in [0.717, 1.165) is 35.6 Å². The molecule has 0 bridgehead atoms. The molecule has 0 spiro atoms. The van der Waals surface area contributed by atoms with E-state index in [9.17, 15) is 0 Å². The monoisotopic (exact) mass is 381 g/mol. The Bertz CT molecular complexity index is 1120. The highest BCUT2D eigenvalue weighted by atomic mass is 32.1. The van der Waals surface area contributed by atoms with Gasteiger partial charge in [0.2, 0.25) is 4.77 Å². The Morgan fingerprint density at radius 3 is 2.69 bits per heavy atom. The average molecular weight is 382 g/mol. The quantitative estimate of drug-likeness (QED) is 0.487. The van der Waals surface area contributed by atoms with Crippen molar-refractivity contribution in [3.63, 3.8) is 0 Å². The third-order valence-corrected chi connectivity index (χ3v) is 6.32. The van der Waals surface area contributed by atoms with Crippen LogP contribution in [0.4, 0.5) is 0 Å². The number of hydrogen-bond donors (Lipinski definition) is 0. The smallest absolute Gasteiger partial charge is 0.204 e. The van der Waals surface area contributed by atoms with Gasteiger partial charge in [0.05, 0.1) is 12.1 Å². The molecule has 0 unspecified atom stereocenters. The average Bonchev–Trinajstić information content (AvgIpc) is 3.25. The zero-order valence-electron chi connectivity index (χ0n) is 14.3. The van der Waals surface area contributed by atoms with Crippen molar-refractivity contribution in [3.8, 4) is 11.1 Å². The number of benzene rings is 1. The summed E-state index contributed by atoms with van der Waals surface area (Å²) in [6, 6.07) is 10.4. The van der Waals surface area contributed by atoms with Crippen molar-refractivity contribution in [1.82, 2.24) is 24.1 Å². The van der Waals surface area contributed by atoms with Gasteiger partial charge >= 0.3 is 0 Å². The van der Waals surface area contributed by atoms with Gasteiger partial charge in [0.25, 0.3) is 0 Å². The number of thiophene rings is 1. The molecule has 7 heteroatoms. The summed E-state index contributed by atoms with van der Waals surface area (Å²) in [7, 11) is 0. The molecule has 4 heterocycles. The Hall–Kier alpha value is -2.09. The van der Waals surface area contributed by atoms with Crippen LogP contribution in [0.3, 0.4) is 0 Å². The summed E-state index contributed by atoms with van der Waals surface area (Å²) in [5.41, 5.74) is 3.26. The van der Waals surface area contributed by atoms with Crippen LogP contribution in [0, 0.1) is 4.77 Å². The number of fused-ring (bicyclic) bond motifs is 3. The van der Waals surface area contributed by atoms with Crippen molar-refractivity contribution >= 4 is 39.4 Å². The van der Waals surface area contributed by atoms with E-state index in [-0.39, 0.29) is 0 Å². The predicted molar refractivity (Wildman–Crippen MR) is 108 cm³/mol. The summed E-state index contributed by atoms with van der Waals surface area (Å²) in [6.45, 7) is 3.00. The molecule has 0 N–H and O–H groups in total. The molecular formula is C19H19N5S2. The molecule has 0 amide bonds. The summed E-state index contributed by atoms with van der Waals surface area (Å²) >= 11 is 7.35. The fourth-order valence-electron chi connectivity index (χ4n) is 3.68. The van der Waals surface area contributed by atoms with Gasteiger partial charge in [-0.2, -0.15) is 0 Å². The van der Waals surface area contributed by atoms with E-state index in [1.54, 1.807) is 11.3 Å². The minimum Gasteiger partial charge on any atom is -0.284 e. The molecule has 0 saturated carbocycles. The van der Waals surface area contributed by atoms with Gasteiger partial charge in [0, 0.05) is 10.9 Å². The highest BCUT2D eigenvalue weighted by Crippen LogP contribution is 2.35. The summed E-state index contributed by atoms with van der Waals surface area (Å²) in [5, 5.41) is 8.15. The highest BCUT2D eigenvalue weighted by Gasteiger charge is 2.17. The lowest BCUT2D eigenvalue weighted by Gasteiger charge is -2.25. The van der Waals surface area contributed by atoms with Crippen LogP contribution in [0.15, 0.2) is 42.0 Å². The van der Waals surface area contributed by atoms with Gasteiger partial charge in [0.1, 0.15) is 11.2 Å². The SMILES string of the molecule is S=c1n(CN2CCCCC2)nc2c3c(-c4ccccc4)csc3ncn12. The molecule has 1 fully saturated rings. The minimum absolute atomic E-state index is 0.713. The van der Waals surface area contributed by atoms with Crippen molar-refractivity contribution < 1.29 is 0 Å². The minimum atomic E-state index is 0.713. The van der Waals surface area contributed by atoms with Crippen molar-refractivity contribution in [2.24, 2.45) is 0 Å². The number of piperidine rings is 1. The Balaban J connectivity index is 1.66. The van der Waals surface area contributed by atoms with E-state index < -0.39 is 0 Å². The first kappa shape index (κ1) is 16.1. The van der Waals surface area contributed by atoms with E-state index in [0.29, 0.717) is 4.77 Å². The molecule has 0 radical (unpaired) electrons. The van der Waals surface area contributed by atoms with Gasteiger partial charge < -0.3 is 0 Å². The van der Waals surface area contributed by atoms with Gasteiger partial charge in [0.15, 0.2) is 5.65 Å². The maximum atomic E-state index is 5.69. The van der Waals surface area contributed by atoms with Gasteiger partial charge in [-0.1, -0.05) is 36.8 Å². The molecule has 0 aliphatic carbocycles. The van der Waals surface area contributed by atoms with Crippen LogP contribution in [0.5, 0.6) is 0 Å². The van der Waals surface area contributed by atoms with Gasteiger partial charge in [-0.05, 0) is 43.7 Å². The molecule has 4 aromatic rings. The molecule has 132 valence electrons. The first-order valence-electron chi connectivity index (χ1n) is 8.94. The van der Waals surface area contributed by atoms with E-state index in [2.05, 4.69) is 39.5 Å². The zero-order valence-corrected chi connectivity index (χ0v) is 16.0. The second-order valence-electron chi connectivity index (χ2n) is 6.74. The summed E-state index contributed by atoms with van der Waals surface area (Å²) in [6.07, 6.45) is 5.66. The van der Waals surface area contributed by atoms with Crippen molar-refractivity contribution in [2.45, 2.75) is 25.9 Å². The van der Waals surface area contributed by atoms with Crippen molar-refractivity contribution in [3.05, 3.63) is 46.8 Å². The lowest BCUT2D eigenvalue weighted by Crippen LogP contribution is -2.32. The second kappa shape index (κ2) is 6.57. The molecule has 5 rings (SSSR count). The summed E-state index contributed by atoms with van der Waals surface area (Å²) < 4.78 is 4.61. The standard InChI is InChI=1S/C19H19N5S2/c25-19-23-12-20-18-16(15(11-26-18)14-7-3-1-4-8-14)17(23)21-24(19)13-22-9-5-2-6-10-22/h1,3-4,7-8,11-12H,2,5-6,9-10,13H2. The van der Waals surface area contributed by atoms with Crippen LogP contribution in [-0.4, -0.2) is 37.2 Å². The van der Waals surface area contributed by atoms with Gasteiger partial charge in [-0.25, -0.2) is 9.67 Å². The topological polar surface area (TPSA) is 38.4 Å². The third-order valence-electron chi connectivity index (χ3n) is 5.02. The first-order valence-corrected chi connectivity index (χ1v) is 10.2. The van der Waals surface area contributed by atoms with E-state index in [4.69, 9.17) is 17.3 Å². The number of rotatable bonds is 3. The van der Waals surface area contributed by atoms with Crippen LogP contribution in [-0.2, 0) is 6.67 Å². The molecule has 1 aliphatic heterocycles. The van der Waals surface area contributed by atoms with Crippen LogP contribution in [0.1, 0.15) is 19.3 Å². The summed E-state index contributed by atoms with van der Waals surface area (Å²) in [5.74, 6) is 0. The number of aromatic nitrogens is 4. The molecule has 1 aromatic carbocycles. The van der Waals surface area contributed by atoms with Gasteiger partial charge in [-0.3, -0.25) is 9.30 Å². The fourth-order valence-corrected chi connectivity index (χ4v) is 4.82. The summed E-state index contributed by atoms with van der Waals surface area (Å²) in [4.78, 5) is 8.06. The number of likely N-dealkylation sites (tertiary alicyclic amines) is 1. The Labute approximate surface area is 160 Å². The molecule has 26 heavy (non-hydrogen) atoms. The van der Waals surface area contributed by atoms with Crippen LogP contribution < -0.4 is 0 Å². The maximum absolute atomic E-state index is 5.69. The third kappa shape index (κ3) is 2.67. The highest BCUT2D eigenvalue weighted by molar-refractivity contribution is 7.71. The largest absolute Gasteiger partial charge is 0.284 e. The van der Waals surface area contributed by atoms with E-state index in [1.165, 1.54) is 30.4 Å². The lowest BCUT2D eigenvalue weighted by atomic mass is 10.1. The molecule has 1 saturated heterocycles. The predicted octanol–water partition coefficient (Wildman–Crippen LogP) is 4.59. The first-order chi connectivity index (χ1) is 12.8. The zero-order chi connectivity index (χ0) is 17.5. The lowest BCUT2D eigenvalue weighted by molar-refractivity contribution is 0.172. The molecule has 1 aliphatic rings. The van der Waals surface area contributed by atoms with Crippen LogP contribution in [0.25, 0.3) is 27.0 Å². The Morgan fingerprint density at radius 2 is 1.88 bits per heavy atom. The second-order valence-corrected chi connectivity index (χ2v) is 7.96. The van der Waals surface area contributed by atoms with Crippen LogP contribution >= 0.6 is 23.6 Å². The normalized spacial score (nSPS) is 15.8. The number of nitrogens with zero attached hydrogens (tertiary/aromatic N) is 5. The molecule has 5 nitrogen and oxygen atoms in total.